The standard InChI is InChI=1S/C29H32N2O5S/c1-4-5-20(3)31-37(33,34)24-11-7-21(8-12-24)25-17-23(10-6-19(25)2)30-28(32)29(14-15-29)22-9-13-26-27(16-22)36-18-35-26/h6-13,16-17,20,31H,4-5,14-15,18H2,1-3H3,(H,30,32)/t20-/m0/s1. The van der Waals surface area contributed by atoms with Gasteiger partial charge in [-0.1, -0.05) is 37.6 Å². The maximum absolute atomic E-state index is 13.4. The molecule has 1 amide bonds. The van der Waals surface area contributed by atoms with E-state index < -0.39 is 15.4 Å². The molecule has 37 heavy (non-hydrogen) atoms. The van der Waals surface area contributed by atoms with Gasteiger partial charge in [0, 0.05) is 11.7 Å². The van der Waals surface area contributed by atoms with Crippen molar-refractivity contribution in [3.05, 3.63) is 71.8 Å². The Hall–Kier alpha value is -3.36. The molecular weight excluding hydrogens is 488 g/mol. The Morgan fingerprint density at radius 2 is 1.73 bits per heavy atom. The van der Waals surface area contributed by atoms with Crippen molar-refractivity contribution >= 4 is 21.6 Å². The van der Waals surface area contributed by atoms with E-state index in [0.717, 1.165) is 47.9 Å². The lowest BCUT2D eigenvalue weighted by Crippen LogP contribution is -2.32. The number of fused-ring (bicyclic) bond motifs is 1. The van der Waals surface area contributed by atoms with Gasteiger partial charge in [0.2, 0.25) is 22.7 Å². The average molecular weight is 521 g/mol. The predicted octanol–water partition coefficient (Wildman–Crippen LogP) is 5.53. The highest BCUT2D eigenvalue weighted by molar-refractivity contribution is 7.89. The van der Waals surface area contributed by atoms with Gasteiger partial charge >= 0.3 is 0 Å². The van der Waals surface area contributed by atoms with Crippen LogP contribution in [0.25, 0.3) is 11.1 Å². The zero-order valence-corrected chi connectivity index (χ0v) is 22.2. The zero-order valence-electron chi connectivity index (χ0n) is 21.3. The molecule has 2 aliphatic rings. The van der Waals surface area contributed by atoms with Gasteiger partial charge in [0.05, 0.1) is 10.3 Å². The highest BCUT2D eigenvalue weighted by atomic mass is 32.2. The molecule has 0 bridgehead atoms. The summed E-state index contributed by atoms with van der Waals surface area (Å²) in [5.41, 5.74) is 3.90. The molecule has 0 radical (unpaired) electrons. The van der Waals surface area contributed by atoms with Crippen LogP contribution in [0.15, 0.2) is 65.6 Å². The number of carbonyl (C=O) groups is 1. The summed E-state index contributed by atoms with van der Waals surface area (Å²) in [6, 6.07) is 18.2. The number of hydrogen-bond acceptors (Lipinski definition) is 5. The first-order valence-electron chi connectivity index (χ1n) is 12.7. The molecule has 2 N–H and O–H groups in total. The number of aryl methyl sites for hydroxylation is 1. The van der Waals surface area contributed by atoms with Crippen molar-refractivity contribution in [1.29, 1.82) is 0 Å². The molecule has 1 fully saturated rings. The zero-order chi connectivity index (χ0) is 26.2. The SMILES string of the molecule is CCC[C@H](C)NS(=O)(=O)c1ccc(-c2cc(NC(=O)C3(c4ccc5c(c4)OCO5)CC3)ccc2C)cc1. The normalized spacial score (nSPS) is 16.3. The van der Waals surface area contributed by atoms with Gasteiger partial charge in [-0.05, 0) is 91.8 Å². The molecule has 1 atom stereocenters. The summed E-state index contributed by atoms with van der Waals surface area (Å²) >= 11 is 0. The fourth-order valence-electron chi connectivity index (χ4n) is 4.87. The molecule has 1 aliphatic heterocycles. The highest BCUT2D eigenvalue weighted by Gasteiger charge is 2.51. The van der Waals surface area contributed by atoms with Gasteiger partial charge in [0.1, 0.15) is 0 Å². The summed E-state index contributed by atoms with van der Waals surface area (Å²) in [4.78, 5) is 13.6. The van der Waals surface area contributed by atoms with Crippen molar-refractivity contribution in [3.63, 3.8) is 0 Å². The molecule has 3 aromatic carbocycles. The van der Waals surface area contributed by atoms with Crippen molar-refractivity contribution in [2.24, 2.45) is 0 Å². The summed E-state index contributed by atoms with van der Waals surface area (Å²) in [7, 11) is -3.58. The second-order valence-corrected chi connectivity index (χ2v) is 11.7. The van der Waals surface area contributed by atoms with Gasteiger partial charge in [0.15, 0.2) is 11.5 Å². The monoisotopic (exact) mass is 520 g/mol. The summed E-state index contributed by atoms with van der Waals surface area (Å²) in [5.74, 6) is 1.33. The summed E-state index contributed by atoms with van der Waals surface area (Å²) in [6.45, 7) is 6.09. The molecule has 194 valence electrons. The average Bonchev–Trinajstić information content (AvgIpc) is 3.56. The van der Waals surface area contributed by atoms with E-state index in [0.29, 0.717) is 17.2 Å². The van der Waals surface area contributed by atoms with E-state index in [1.807, 2.05) is 69.3 Å². The number of benzene rings is 3. The fourth-order valence-corrected chi connectivity index (χ4v) is 6.14. The van der Waals surface area contributed by atoms with Gasteiger partial charge in [-0.2, -0.15) is 0 Å². The van der Waals surface area contributed by atoms with Crippen LogP contribution in [-0.2, 0) is 20.2 Å². The Bertz CT molecular complexity index is 1430. The lowest BCUT2D eigenvalue weighted by molar-refractivity contribution is -0.118. The quantitative estimate of drug-likeness (QED) is 0.387. The van der Waals surface area contributed by atoms with E-state index >= 15 is 0 Å². The van der Waals surface area contributed by atoms with Crippen molar-refractivity contribution in [3.8, 4) is 22.6 Å². The third kappa shape index (κ3) is 5.08. The molecule has 1 aliphatic carbocycles. The van der Waals surface area contributed by atoms with Crippen LogP contribution >= 0.6 is 0 Å². The number of anilines is 1. The van der Waals surface area contributed by atoms with Crippen LogP contribution in [0.4, 0.5) is 5.69 Å². The van der Waals surface area contributed by atoms with E-state index in [9.17, 15) is 13.2 Å². The van der Waals surface area contributed by atoms with E-state index in [4.69, 9.17) is 9.47 Å². The molecule has 1 heterocycles. The van der Waals surface area contributed by atoms with Crippen molar-refractivity contribution < 1.29 is 22.7 Å². The van der Waals surface area contributed by atoms with Crippen LogP contribution < -0.4 is 19.5 Å². The van der Waals surface area contributed by atoms with Crippen LogP contribution in [0.3, 0.4) is 0 Å². The van der Waals surface area contributed by atoms with Crippen molar-refractivity contribution in [2.75, 3.05) is 12.1 Å². The maximum atomic E-state index is 13.4. The molecule has 3 aromatic rings. The van der Waals surface area contributed by atoms with Gasteiger partial charge in [-0.15, -0.1) is 0 Å². The first-order valence-corrected chi connectivity index (χ1v) is 14.2. The fraction of sp³-hybridized carbons (Fsp3) is 0.345. The second-order valence-electron chi connectivity index (χ2n) is 9.97. The highest BCUT2D eigenvalue weighted by Crippen LogP contribution is 2.51. The number of sulfonamides is 1. The van der Waals surface area contributed by atoms with E-state index in [-0.39, 0.29) is 23.6 Å². The van der Waals surface area contributed by atoms with E-state index in [1.54, 1.807) is 12.1 Å². The van der Waals surface area contributed by atoms with Crippen LogP contribution in [0.2, 0.25) is 0 Å². The Labute approximate surface area is 218 Å². The molecule has 5 rings (SSSR count). The molecular formula is C29H32N2O5S. The molecule has 0 aromatic heterocycles. The Morgan fingerprint density at radius 3 is 2.43 bits per heavy atom. The van der Waals surface area contributed by atoms with E-state index in [2.05, 4.69) is 10.0 Å². The number of rotatable bonds is 9. The molecule has 7 nitrogen and oxygen atoms in total. The van der Waals surface area contributed by atoms with Crippen LogP contribution in [0.5, 0.6) is 11.5 Å². The van der Waals surface area contributed by atoms with Crippen molar-refractivity contribution in [1.82, 2.24) is 4.72 Å². The molecule has 1 saturated carbocycles. The van der Waals surface area contributed by atoms with Crippen LogP contribution in [-0.4, -0.2) is 27.2 Å². The molecule has 0 spiro atoms. The van der Waals surface area contributed by atoms with Gasteiger partial charge < -0.3 is 14.8 Å². The van der Waals surface area contributed by atoms with Gasteiger partial charge in [-0.3, -0.25) is 4.79 Å². The Kier molecular flexibility index (Phi) is 6.72. The Balaban J connectivity index is 1.34. The Morgan fingerprint density at radius 1 is 1.00 bits per heavy atom. The summed E-state index contributed by atoms with van der Waals surface area (Å²) < 4.78 is 39.1. The number of carbonyl (C=O) groups excluding carboxylic acids is 1. The number of amides is 1. The molecule has 8 heteroatoms. The third-order valence-electron chi connectivity index (χ3n) is 7.16. The number of hydrogen-bond donors (Lipinski definition) is 2. The number of ether oxygens (including phenoxy) is 2. The molecule has 0 unspecified atom stereocenters. The first-order chi connectivity index (χ1) is 17.7. The smallest absolute Gasteiger partial charge is 0.240 e. The molecule has 0 saturated heterocycles. The number of nitrogens with one attached hydrogen (secondary N) is 2. The van der Waals surface area contributed by atoms with Gasteiger partial charge in [-0.25, -0.2) is 13.1 Å². The predicted molar refractivity (Wildman–Crippen MR) is 143 cm³/mol. The summed E-state index contributed by atoms with van der Waals surface area (Å²) in [5, 5.41) is 3.10. The minimum absolute atomic E-state index is 0.0464. The van der Waals surface area contributed by atoms with Crippen LogP contribution in [0.1, 0.15) is 50.7 Å². The lowest BCUT2D eigenvalue weighted by Gasteiger charge is -2.17. The third-order valence-corrected chi connectivity index (χ3v) is 8.76. The minimum atomic E-state index is -3.58. The van der Waals surface area contributed by atoms with Crippen molar-refractivity contribution in [2.45, 2.75) is 62.8 Å². The van der Waals surface area contributed by atoms with Gasteiger partial charge in [0.25, 0.3) is 0 Å². The lowest BCUT2D eigenvalue weighted by atomic mass is 9.94. The maximum Gasteiger partial charge on any atom is 0.240 e. The minimum Gasteiger partial charge on any atom is -0.454 e. The summed E-state index contributed by atoms with van der Waals surface area (Å²) in [6.07, 6.45) is 3.24. The topological polar surface area (TPSA) is 93.7 Å². The first kappa shape index (κ1) is 25.3. The second kappa shape index (κ2) is 9.84. The van der Waals surface area contributed by atoms with Crippen LogP contribution in [0, 0.1) is 6.92 Å². The van der Waals surface area contributed by atoms with E-state index in [1.165, 1.54) is 0 Å². The largest absolute Gasteiger partial charge is 0.454 e.